The van der Waals surface area contributed by atoms with Crippen LogP contribution in [0.15, 0.2) is 21.8 Å². The second kappa shape index (κ2) is 7.63. The van der Waals surface area contributed by atoms with Gasteiger partial charge >= 0.3 is 5.97 Å². The van der Waals surface area contributed by atoms with E-state index in [9.17, 15) is 4.79 Å². The van der Waals surface area contributed by atoms with Crippen LogP contribution in [0, 0.1) is 0 Å². The topological polar surface area (TPSA) is 77.4 Å². The average molecular weight is 332 g/mol. The molecule has 0 saturated heterocycles. The normalized spacial score (nSPS) is 10.5. The molecular weight excluding hydrogens is 318 g/mol. The van der Waals surface area contributed by atoms with E-state index in [0.717, 1.165) is 0 Å². The van der Waals surface area contributed by atoms with Crippen LogP contribution in [-0.4, -0.2) is 37.7 Å². The van der Waals surface area contributed by atoms with Gasteiger partial charge in [-0.25, -0.2) is 4.79 Å². The number of ether oxygens (including phenoxy) is 3. The van der Waals surface area contributed by atoms with Crippen molar-refractivity contribution in [1.29, 1.82) is 0 Å². The first-order valence-electron chi connectivity index (χ1n) is 5.45. The summed E-state index contributed by atoms with van der Waals surface area (Å²) in [5, 5.41) is 11.4. The summed E-state index contributed by atoms with van der Waals surface area (Å²) in [5.74, 6) is 0.330. The lowest BCUT2D eigenvalue weighted by Crippen LogP contribution is -2.15. The van der Waals surface area contributed by atoms with Crippen molar-refractivity contribution >= 4 is 28.1 Å². The van der Waals surface area contributed by atoms with E-state index in [1.165, 1.54) is 13.3 Å². The van der Waals surface area contributed by atoms with Gasteiger partial charge in [0.25, 0.3) is 0 Å². The van der Waals surface area contributed by atoms with Crippen LogP contribution >= 0.6 is 15.9 Å². The van der Waals surface area contributed by atoms with Crippen LogP contribution in [0.25, 0.3) is 0 Å². The van der Waals surface area contributed by atoms with Gasteiger partial charge < -0.3 is 19.4 Å². The van der Waals surface area contributed by atoms with Crippen molar-refractivity contribution in [2.24, 2.45) is 5.16 Å². The lowest BCUT2D eigenvalue weighted by atomic mass is 10.2. The summed E-state index contributed by atoms with van der Waals surface area (Å²) in [7, 11) is 1.47. The van der Waals surface area contributed by atoms with E-state index in [1.54, 1.807) is 19.1 Å². The zero-order valence-electron chi connectivity index (χ0n) is 10.6. The smallest absolute Gasteiger partial charge is 0.344 e. The Labute approximate surface area is 119 Å². The van der Waals surface area contributed by atoms with E-state index in [0.29, 0.717) is 28.1 Å². The highest BCUT2D eigenvalue weighted by Crippen LogP contribution is 2.36. The van der Waals surface area contributed by atoms with Crippen LogP contribution in [0.4, 0.5) is 0 Å². The predicted molar refractivity (Wildman–Crippen MR) is 72.2 cm³/mol. The average Bonchev–Trinajstić information content (AvgIpc) is 2.37. The minimum absolute atomic E-state index is 0.212. The summed E-state index contributed by atoms with van der Waals surface area (Å²) >= 11 is 3.30. The van der Waals surface area contributed by atoms with Crippen LogP contribution < -0.4 is 9.47 Å². The van der Waals surface area contributed by atoms with Gasteiger partial charge in [-0.3, -0.25) is 0 Å². The van der Waals surface area contributed by atoms with Gasteiger partial charge in [0.15, 0.2) is 18.1 Å². The van der Waals surface area contributed by atoms with Gasteiger partial charge in [-0.15, -0.1) is 0 Å². The molecule has 0 spiro atoms. The molecule has 0 heterocycles. The van der Waals surface area contributed by atoms with Crippen molar-refractivity contribution in [3.8, 4) is 11.5 Å². The summed E-state index contributed by atoms with van der Waals surface area (Å²) in [4.78, 5) is 11.2. The zero-order valence-corrected chi connectivity index (χ0v) is 12.1. The Bertz CT molecular complexity index is 475. The van der Waals surface area contributed by atoms with E-state index in [2.05, 4.69) is 21.1 Å². The van der Waals surface area contributed by atoms with Gasteiger partial charge in [-0.2, -0.15) is 0 Å². The Morgan fingerprint density at radius 1 is 1.53 bits per heavy atom. The number of halogens is 1. The summed E-state index contributed by atoms with van der Waals surface area (Å²) in [6.07, 6.45) is 1.25. The highest BCUT2D eigenvalue weighted by atomic mass is 79.9. The maximum atomic E-state index is 11.2. The van der Waals surface area contributed by atoms with Gasteiger partial charge in [-0.1, -0.05) is 5.16 Å². The molecule has 0 unspecified atom stereocenters. The second-order valence-electron chi connectivity index (χ2n) is 3.37. The van der Waals surface area contributed by atoms with Gasteiger partial charge in [0.2, 0.25) is 0 Å². The molecule has 0 aliphatic rings. The molecule has 0 atom stereocenters. The molecule has 1 aromatic carbocycles. The fourth-order valence-corrected chi connectivity index (χ4v) is 1.93. The fraction of sp³-hybridized carbons (Fsp3) is 0.333. The number of oxime groups is 1. The lowest BCUT2D eigenvalue weighted by molar-refractivity contribution is -0.145. The van der Waals surface area contributed by atoms with Crippen LogP contribution in [0.1, 0.15) is 12.5 Å². The molecule has 1 aromatic rings. The third kappa shape index (κ3) is 4.44. The molecule has 0 amide bonds. The number of carbonyl (C=O) groups excluding carboxylic acids is 1. The quantitative estimate of drug-likeness (QED) is 0.374. The first-order valence-corrected chi connectivity index (χ1v) is 6.25. The Balaban J connectivity index is 2.90. The minimum Gasteiger partial charge on any atom is -0.493 e. The third-order valence-electron chi connectivity index (χ3n) is 2.10. The Hall–Kier alpha value is -1.76. The zero-order chi connectivity index (χ0) is 14.3. The van der Waals surface area contributed by atoms with Crippen molar-refractivity contribution in [3.63, 3.8) is 0 Å². The third-order valence-corrected chi connectivity index (χ3v) is 2.69. The molecule has 0 fully saturated rings. The minimum atomic E-state index is -0.461. The Morgan fingerprint density at radius 2 is 2.26 bits per heavy atom. The number of methoxy groups -OCH3 is 1. The number of nitrogens with zero attached hydrogens (tertiary/aromatic N) is 1. The monoisotopic (exact) mass is 331 g/mol. The molecule has 0 aliphatic carbocycles. The van der Waals surface area contributed by atoms with Crippen LogP contribution in [-0.2, 0) is 9.53 Å². The number of hydrogen-bond donors (Lipinski definition) is 1. The maximum Gasteiger partial charge on any atom is 0.344 e. The van der Waals surface area contributed by atoms with Gasteiger partial charge in [0.1, 0.15) is 0 Å². The molecule has 7 heteroatoms. The largest absolute Gasteiger partial charge is 0.493 e. The SMILES string of the molecule is CCOC(=O)COc1c(Br)cc(/C=N\O)cc1OC. The van der Waals surface area contributed by atoms with E-state index < -0.39 is 5.97 Å². The Kier molecular flexibility index (Phi) is 6.14. The standard InChI is InChI=1S/C12H14BrNO5/c1-3-18-11(15)7-19-12-9(13)4-8(6-14-16)5-10(12)17-2/h4-6,16H,3,7H2,1-2H3/b14-6-. The molecule has 0 aliphatic heterocycles. The van der Waals surface area contributed by atoms with Crippen molar-refractivity contribution in [3.05, 3.63) is 22.2 Å². The number of rotatable bonds is 6. The van der Waals surface area contributed by atoms with Crippen LogP contribution in [0.2, 0.25) is 0 Å². The van der Waals surface area contributed by atoms with Crippen molar-refractivity contribution in [2.75, 3.05) is 20.3 Å². The number of benzene rings is 1. The van der Waals surface area contributed by atoms with Crippen LogP contribution in [0.3, 0.4) is 0 Å². The van der Waals surface area contributed by atoms with E-state index in [4.69, 9.17) is 19.4 Å². The molecule has 0 radical (unpaired) electrons. The van der Waals surface area contributed by atoms with E-state index in [1.807, 2.05) is 0 Å². The molecule has 1 N–H and O–H groups in total. The number of carbonyl (C=O) groups is 1. The molecule has 0 saturated carbocycles. The predicted octanol–water partition coefficient (Wildman–Crippen LogP) is 2.21. The lowest BCUT2D eigenvalue weighted by Gasteiger charge is -2.12. The number of esters is 1. The van der Waals surface area contributed by atoms with Gasteiger partial charge in [0, 0.05) is 5.56 Å². The fourth-order valence-electron chi connectivity index (χ4n) is 1.35. The first-order chi connectivity index (χ1) is 9.12. The molecular formula is C12H14BrNO5. The van der Waals surface area contributed by atoms with Crippen molar-refractivity contribution in [1.82, 2.24) is 0 Å². The van der Waals surface area contributed by atoms with E-state index in [-0.39, 0.29) is 6.61 Å². The summed E-state index contributed by atoms with van der Waals surface area (Å²) in [6.45, 7) is 1.81. The molecule has 0 aromatic heterocycles. The molecule has 19 heavy (non-hydrogen) atoms. The summed E-state index contributed by atoms with van der Waals surface area (Å²) < 4.78 is 15.8. The number of hydrogen-bond acceptors (Lipinski definition) is 6. The molecule has 6 nitrogen and oxygen atoms in total. The molecule has 1 rings (SSSR count). The van der Waals surface area contributed by atoms with Gasteiger partial charge in [0.05, 0.1) is 24.4 Å². The molecule has 0 bridgehead atoms. The first kappa shape index (κ1) is 15.3. The summed E-state index contributed by atoms with van der Waals surface area (Å²) in [6, 6.07) is 3.29. The highest BCUT2D eigenvalue weighted by molar-refractivity contribution is 9.10. The Morgan fingerprint density at radius 3 is 2.84 bits per heavy atom. The highest BCUT2D eigenvalue weighted by Gasteiger charge is 2.13. The van der Waals surface area contributed by atoms with Crippen molar-refractivity contribution < 1.29 is 24.2 Å². The second-order valence-corrected chi connectivity index (χ2v) is 4.23. The van der Waals surface area contributed by atoms with E-state index >= 15 is 0 Å². The maximum absolute atomic E-state index is 11.2. The van der Waals surface area contributed by atoms with Crippen LogP contribution in [0.5, 0.6) is 11.5 Å². The summed E-state index contributed by atoms with van der Waals surface area (Å²) in [5.41, 5.74) is 0.620. The van der Waals surface area contributed by atoms with Crippen molar-refractivity contribution in [2.45, 2.75) is 6.92 Å². The molecule has 104 valence electrons. The van der Waals surface area contributed by atoms with Gasteiger partial charge in [-0.05, 0) is 35.0 Å².